The molecule has 0 spiro atoms. The van der Waals surface area contributed by atoms with Gasteiger partial charge in [-0.05, 0) is 44.0 Å². The van der Waals surface area contributed by atoms with Crippen LogP contribution in [0.2, 0.25) is 0 Å². The third-order valence-corrected chi connectivity index (χ3v) is 3.73. The normalized spacial score (nSPS) is 12.2. The number of nitrogens with zero attached hydrogens (tertiary/aromatic N) is 1. The van der Waals surface area contributed by atoms with Gasteiger partial charge >= 0.3 is 0 Å². The Morgan fingerprint density at radius 1 is 1.00 bits per heavy atom. The Morgan fingerprint density at radius 2 is 1.65 bits per heavy atom. The number of hydrogen-bond donors (Lipinski definition) is 1. The molecule has 2 rings (SSSR count). The van der Waals surface area contributed by atoms with Crippen molar-refractivity contribution in [2.45, 2.75) is 33.2 Å². The van der Waals surface area contributed by atoms with E-state index in [0.29, 0.717) is 0 Å². The van der Waals surface area contributed by atoms with Crippen LogP contribution >= 0.6 is 0 Å². The number of rotatable bonds is 5. The van der Waals surface area contributed by atoms with Crippen molar-refractivity contribution in [1.29, 1.82) is 0 Å². The van der Waals surface area contributed by atoms with Crippen molar-refractivity contribution in [2.24, 2.45) is 5.73 Å². The van der Waals surface area contributed by atoms with Gasteiger partial charge in [0.2, 0.25) is 0 Å². The minimum absolute atomic E-state index is 0.0886. The van der Waals surface area contributed by atoms with Crippen LogP contribution < -0.4 is 10.6 Å². The van der Waals surface area contributed by atoms with Crippen molar-refractivity contribution < 1.29 is 0 Å². The first-order valence-electron chi connectivity index (χ1n) is 7.36. The average molecular weight is 268 g/mol. The molecule has 0 aliphatic heterocycles. The summed E-state index contributed by atoms with van der Waals surface area (Å²) in [5.74, 6) is 0. The van der Waals surface area contributed by atoms with E-state index < -0.39 is 0 Å². The molecule has 0 amide bonds. The molecule has 0 saturated carbocycles. The molecule has 0 aliphatic rings. The van der Waals surface area contributed by atoms with E-state index in [0.717, 1.165) is 13.0 Å². The second kappa shape index (κ2) is 6.58. The zero-order chi connectivity index (χ0) is 14.5. The lowest BCUT2D eigenvalue weighted by Crippen LogP contribution is -2.20. The van der Waals surface area contributed by atoms with E-state index in [9.17, 15) is 0 Å². The lowest BCUT2D eigenvalue weighted by atomic mass is 10.0. The van der Waals surface area contributed by atoms with Crippen molar-refractivity contribution in [2.75, 3.05) is 11.4 Å². The van der Waals surface area contributed by atoms with Gasteiger partial charge in [-0.3, -0.25) is 0 Å². The highest BCUT2D eigenvalue weighted by Gasteiger charge is 2.14. The van der Waals surface area contributed by atoms with E-state index in [-0.39, 0.29) is 6.04 Å². The Labute approximate surface area is 122 Å². The largest absolute Gasteiger partial charge is 0.341 e. The molecule has 0 radical (unpaired) electrons. The first-order valence-corrected chi connectivity index (χ1v) is 7.36. The lowest BCUT2D eigenvalue weighted by molar-refractivity contribution is 0.697. The molecular weight excluding hydrogens is 244 g/mol. The second-order valence-corrected chi connectivity index (χ2v) is 5.15. The summed E-state index contributed by atoms with van der Waals surface area (Å²) >= 11 is 0. The van der Waals surface area contributed by atoms with E-state index in [4.69, 9.17) is 5.73 Å². The highest BCUT2D eigenvalue weighted by atomic mass is 15.1. The van der Waals surface area contributed by atoms with Crippen LogP contribution in [-0.4, -0.2) is 6.54 Å². The Morgan fingerprint density at radius 3 is 2.25 bits per heavy atom. The standard InChI is InChI=1S/C18H24N2/c1-4-17(19)16-8-6-7-9-18(16)20(5-2)15-12-10-14(3)11-13-15/h6-13,17H,4-5,19H2,1-3H3/t17-/m1/s1. The maximum Gasteiger partial charge on any atom is 0.0459 e. The number of anilines is 2. The van der Waals surface area contributed by atoms with Crippen molar-refractivity contribution in [1.82, 2.24) is 0 Å². The van der Waals surface area contributed by atoms with Gasteiger partial charge in [0.25, 0.3) is 0 Å². The average Bonchev–Trinajstić information content (AvgIpc) is 2.49. The van der Waals surface area contributed by atoms with Gasteiger partial charge in [0, 0.05) is 24.0 Å². The molecule has 2 aromatic carbocycles. The molecule has 20 heavy (non-hydrogen) atoms. The number of para-hydroxylation sites is 1. The van der Waals surface area contributed by atoms with Gasteiger partial charge in [0.05, 0.1) is 0 Å². The molecule has 2 N–H and O–H groups in total. The molecule has 0 saturated heterocycles. The predicted molar refractivity (Wildman–Crippen MR) is 87.5 cm³/mol. The first-order chi connectivity index (χ1) is 9.67. The van der Waals surface area contributed by atoms with Gasteiger partial charge in [-0.1, -0.05) is 42.8 Å². The molecule has 2 heteroatoms. The summed E-state index contributed by atoms with van der Waals surface area (Å²) < 4.78 is 0. The highest BCUT2D eigenvalue weighted by molar-refractivity contribution is 5.67. The van der Waals surface area contributed by atoms with Crippen molar-refractivity contribution >= 4 is 11.4 Å². The Balaban J connectivity index is 2.44. The monoisotopic (exact) mass is 268 g/mol. The minimum Gasteiger partial charge on any atom is -0.341 e. The van der Waals surface area contributed by atoms with Gasteiger partial charge in [0.1, 0.15) is 0 Å². The van der Waals surface area contributed by atoms with E-state index in [1.165, 1.54) is 22.5 Å². The van der Waals surface area contributed by atoms with Gasteiger partial charge in [0.15, 0.2) is 0 Å². The summed E-state index contributed by atoms with van der Waals surface area (Å²) in [5, 5.41) is 0. The molecule has 0 fully saturated rings. The molecule has 0 unspecified atom stereocenters. The minimum atomic E-state index is 0.0886. The van der Waals surface area contributed by atoms with Crippen LogP contribution in [0, 0.1) is 6.92 Å². The fourth-order valence-corrected chi connectivity index (χ4v) is 2.48. The number of nitrogens with two attached hydrogens (primary N) is 1. The molecule has 0 heterocycles. The summed E-state index contributed by atoms with van der Waals surface area (Å²) in [7, 11) is 0. The fourth-order valence-electron chi connectivity index (χ4n) is 2.48. The van der Waals surface area contributed by atoms with Crippen LogP contribution in [0.4, 0.5) is 11.4 Å². The van der Waals surface area contributed by atoms with E-state index >= 15 is 0 Å². The smallest absolute Gasteiger partial charge is 0.0459 e. The predicted octanol–water partition coefficient (Wildman–Crippen LogP) is 4.56. The van der Waals surface area contributed by atoms with Crippen LogP contribution in [0.5, 0.6) is 0 Å². The summed E-state index contributed by atoms with van der Waals surface area (Å²) in [6, 6.07) is 17.2. The lowest BCUT2D eigenvalue weighted by Gasteiger charge is -2.27. The SMILES string of the molecule is CC[C@@H](N)c1ccccc1N(CC)c1ccc(C)cc1. The van der Waals surface area contributed by atoms with Gasteiger partial charge in [-0.2, -0.15) is 0 Å². The number of hydrogen-bond acceptors (Lipinski definition) is 2. The van der Waals surface area contributed by atoms with E-state index in [1.807, 2.05) is 0 Å². The van der Waals surface area contributed by atoms with E-state index in [1.54, 1.807) is 0 Å². The van der Waals surface area contributed by atoms with Crippen molar-refractivity contribution in [3.05, 3.63) is 59.7 Å². The van der Waals surface area contributed by atoms with Gasteiger partial charge in [-0.15, -0.1) is 0 Å². The summed E-state index contributed by atoms with van der Waals surface area (Å²) in [4.78, 5) is 2.32. The summed E-state index contributed by atoms with van der Waals surface area (Å²) in [5.41, 5.74) is 11.2. The molecule has 2 nitrogen and oxygen atoms in total. The molecular formula is C18H24N2. The Bertz CT molecular complexity index is 546. The zero-order valence-electron chi connectivity index (χ0n) is 12.6. The molecule has 106 valence electrons. The molecule has 1 atom stereocenters. The zero-order valence-corrected chi connectivity index (χ0v) is 12.6. The summed E-state index contributed by atoms with van der Waals surface area (Å²) in [6.45, 7) is 7.34. The van der Waals surface area contributed by atoms with Crippen molar-refractivity contribution in [3.63, 3.8) is 0 Å². The molecule has 0 bridgehead atoms. The first kappa shape index (κ1) is 14.6. The van der Waals surface area contributed by atoms with Crippen LogP contribution in [0.1, 0.15) is 37.4 Å². The third kappa shape index (κ3) is 3.02. The maximum atomic E-state index is 6.26. The molecule has 2 aromatic rings. The van der Waals surface area contributed by atoms with Gasteiger partial charge in [-0.25, -0.2) is 0 Å². The van der Waals surface area contributed by atoms with Crippen LogP contribution in [-0.2, 0) is 0 Å². The number of aryl methyl sites for hydroxylation is 1. The highest BCUT2D eigenvalue weighted by Crippen LogP contribution is 2.32. The van der Waals surface area contributed by atoms with Crippen LogP contribution in [0.3, 0.4) is 0 Å². The van der Waals surface area contributed by atoms with Gasteiger partial charge < -0.3 is 10.6 Å². The second-order valence-electron chi connectivity index (χ2n) is 5.15. The van der Waals surface area contributed by atoms with Crippen LogP contribution in [0.25, 0.3) is 0 Å². The molecule has 0 aliphatic carbocycles. The molecule has 0 aromatic heterocycles. The maximum absolute atomic E-state index is 6.26. The third-order valence-electron chi connectivity index (χ3n) is 3.73. The number of benzene rings is 2. The topological polar surface area (TPSA) is 29.3 Å². The van der Waals surface area contributed by atoms with E-state index in [2.05, 4.69) is 74.2 Å². The van der Waals surface area contributed by atoms with Crippen molar-refractivity contribution in [3.8, 4) is 0 Å². The van der Waals surface area contributed by atoms with Crippen LogP contribution in [0.15, 0.2) is 48.5 Å². The Hall–Kier alpha value is -1.80. The fraction of sp³-hybridized carbons (Fsp3) is 0.333. The summed E-state index contributed by atoms with van der Waals surface area (Å²) in [6.07, 6.45) is 0.947. The Kier molecular flexibility index (Phi) is 4.80. The quantitative estimate of drug-likeness (QED) is 0.861.